The monoisotopic (exact) mass is 418 g/mol. The molecule has 1 aliphatic carbocycles. The van der Waals surface area contributed by atoms with E-state index >= 15 is 0 Å². The van der Waals surface area contributed by atoms with Crippen molar-refractivity contribution in [3.8, 4) is 5.75 Å². The van der Waals surface area contributed by atoms with Gasteiger partial charge in [-0.25, -0.2) is 4.79 Å². The molecule has 0 radical (unpaired) electrons. The van der Waals surface area contributed by atoms with Crippen molar-refractivity contribution in [3.63, 3.8) is 0 Å². The van der Waals surface area contributed by atoms with E-state index in [-0.39, 0.29) is 11.9 Å². The third kappa shape index (κ3) is 2.62. The van der Waals surface area contributed by atoms with Gasteiger partial charge in [-0.2, -0.15) is 4.99 Å². The van der Waals surface area contributed by atoms with Gasteiger partial charge in [-0.3, -0.25) is 4.79 Å². The highest BCUT2D eigenvalue weighted by Crippen LogP contribution is 2.46. The molecule has 7 nitrogen and oxygen atoms in total. The first-order chi connectivity index (χ1) is 15.0. The molecule has 2 aromatic carbocycles. The number of amides is 1. The van der Waals surface area contributed by atoms with E-state index in [9.17, 15) is 9.59 Å². The number of likely N-dealkylation sites (tertiary alicyclic amines) is 1. The summed E-state index contributed by atoms with van der Waals surface area (Å²) in [5, 5.41) is 0. The van der Waals surface area contributed by atoms with E-state index < -0.39 is 11.2 Å². The van der Waals surface area contributed by atoms with Gasteiger partial charge < -0.3 is 19.1 Å². The lowest BCUT2D eigenvalue weighted by molar-refractivity contribution is -0.130. The molecule has 6 rings (SSSR count). The summed E-state index contributed by atoms with van der Waals surface area (Å²) >= 11 is 0. The Morgan fingerprint density at radius 1 is 0.968 bits per heavy atom. The zero-order valence-corrected chi connectivity index (χ0v) is 17.2. The average Bonchev–Trinajstić information content (AvgIpc) is 3.40. The van der Waals surface area contributed by atoms with E-state index in [1.165, 1.54) is 0 Å². The van der Waals surface area contributed by atoms with Crippen molar-refractivity contribution in [1.82, 2.24) is 4.90 Å². The lowest BCUT2D eigenvalue weighted by atomic mass is 9.83. The quantitative estimate of drug-likeness (QED) is 0.663. The van der Waals surface area contributed by atoms with Crippen LogP contribution in [0.25, 0.3) is 0 Å². The van der Waals surface area contributed by atoms with Crippen LogP contribution in [-0.4, -0.2) is 48.6 Å². The van der Waals surface area contributed by atoms with E-state index in [1.54, 1.807) is 19.2 Å². The number of esters is 1. The summed E-state index contributed by atoms with van der Waals surface area (Å²) in [6.07, 6.45) is 2.31. The number of piperidine rings is 1. The van der Waals surface area contributed by atoms with Gasteiger partial charge in [-0.15, -0.1) is 0 Å². The topological polar surface area (TPSA) is 77.4 Å². The van der Waals surface area contributed by atoms with Crippen LogP contribution in [0.3, 0.4) is 0 Å². The molecule has 3 heterocycles. The molecule has 158 valence electrons. The summed E-state index contributed by atoms with van der Waals surface area (Å²) in [5.74, 6) is 0.204. The summed E-state index contributed by atoms with van der Waals surface area (Å²) < 4.78 is 17.4. The number of hydrogen-bond acceptors (Lipinski definition) is 6. The van der Waals surface area contributed by atoms with Gasteiger partial charge in [0, 0.05) is 44.3 Å². The number of nitrogens with zero attached hydrogens (tertiary/aromatic N) is 2. The van der Waals surface area contributed by atoms with Crippen LogP contribution in [-0.2, 0) is 32.7 Å². The Balaban J connectivity index is 1.20. The number of methoxy groups -OCH3 is 1. The normalized spacial score (nSPS) is 22.2. The van der Waals surface area contributed by atoms with Crippen LogP contribution in [0.2, 0.25) is 0 Å². The van der Waals surface area contributed by atoms with Gasteiger partial charge in [0.1, 0.15) is 11.4 Å². The zero-order chi connectivity index (χ0) is 21.2. The first-order valence-electron chi connectivity index (χ1n) is 10.6. The number of hydrogen-bond donors (Lipinski definition) is 0. The summed E-state index contributed by atoms with van der Waals surface area (Å²) in [6.45, 7) is 1.16. The third-order valence-corrected chi connectivity index (χ3v) is 7.01. The van der Waals surface area contributed by atoms with Gasteiger partial charge in [0.05, 0.1) is 12.7 Å². The van der Waals surface area contributed by atoms with E-state index in [1.807, 2.05) is 35.2 Å². The van der Waals surface area contributed by atoms with Crippen molar-refractivity contribution in [3.05, 3.63) is 64.7 Å². The molecule has 0 unspecified atom stereocenters. The van der Waals surface area contributed by atoms with E-state index in [2.05, 4.69) is 4.99 Å². The first kappa shape index (κ1) is 18.4. The van der Waals surface area contributed by atoms with E-state index in [0.29, 0.717) is 56.1 Å². The minimum atomic E-state index is -0.909. The Morgan fingerprint density at radius 3 is 2.35 bits per heavy atom. The van der Waals surface area contributed by atoms with Crippen LogP contribution in [0.4, 0.5) is 0 Å². The number of carbonyl (C=O) groups is 2. The highest BCUT2D eigenvalue weighted by Gasteiger charge is 2.53. The van der Waals surface area contributed by atoms with E-state index in [0.717, 1.165) is 16.7 Å². The molecule has 1 fully saturated rings. The SMILES string of the molecule is COc1ccc2c(c1)C1(CCN(C3=NC(=O)C4(Cc5ccccc5C4)O3)CC1)OC2=O. The molecule has 1 amide bonds. The number of aliphatic imine (C=N–C) groups is 1. The Kier molecular flexibility index (Phi) is 3.76. The molecule has 31 heavy (non-hydrogen) atoms. The van der Waals surface area contributed by atoms with Crippen molar-refractivity contribution < 1.29 is 23.8 Å². The maximum absolute atomic E-state index is 12.8. The van der Waals surface area contributed by atoms with Crippen molar-refractivity contribution >= 4 is 17.9 Å². The molecule has 0 atom stereocenters. The van der Waals surface area contributed by atoms with Crippen molar-refractivity contribution in [1.29, 1.82) is 0 Å². The third-order valence-electron chi connectivity index (χ3n) is 7.01. The molecule has 1 saturated heterocycles. The largest absolute Gasteiger partial charge is 0.497 e. The lowest BCUT2D eigenvalue weighted by Crippen LogP contribution is -2.47. The van der Waals surface area contributed by atoms with Crippen LogP contribution in [0.15, 0.2) is 47.5 Å². The first-order valence-corrected chi connectivity index (χ1v) is 10.6. The predicted molar refractivity (Wildman–Crippen MR) is 111 cm³/mol. The number of rotatable bonds is 1. The molecule has 0 aromatic heterocycles. The fourth-order valence-electron chi connectivity index (χ4n) is 5.29. The van der Waals surface area contributed by atoms with Crippen LogP contribution in [0, 0.1) is 0 Å². The van der Waals surface area contributed by atoms with Crippen LogP contribution >= 0.6 is 0 Å². The molecular weight excluding hydrogens is 396 g/mol. The number of ether oxygens (including phenoxy) is 3. The molecule has 2 aromatic rings. The maximum Gasteiger partial charge on any atom is 0.339 e. The average molecular weight is 418 g/mol. The molecule has 0 bridgehead atoms. The highest BCUT2D eigenvalue weighted by molar-refractivity contribution is 6.02. The minimum absolute atomic E-state index is 0.207. The number of amidine groups is 1. The summed E-state index contributed by atoms with van der Waals surface area (Å²) in [7, 11) is 1.61. The van der Waals surface area contributed by atoms with Crippen molar-refractivity contribution in [2.24, 2.45) is 4.99 Å². The fourth-order valence-corrected chi connectivity index (χ4v) is 5.29. The molecule has 0 saturated carbocycles. The number of benzene rings is 2. The Morgan fingerprint density at radius 2 is 1.68 bits per heavy atom. The van der Waals surface area contributed by atoms with Gasteiger partial charge >= 0.3 is 5.97 Å². The minimum Gasteiger partial charge on any atom is -0.497 e. The second-order valence-electron chi connectivity index (χ2n) is 8.70. The smallest absolute Gasteiger partial charge is 0.339 e. The van der Waals surface area contributed by atoms with Crippen LogP contribution < -0.4 is 4.74 Å². The number of fused-ring (bicyclic) bond motifs is 3. The zero-order valence-electron chi connectivity index (χ0n) is 17.2. The van der Waals surface area contributed by atoms with Crippen molar-refractivity contribution in [2.45, 2.75) is 36.9 Å². The number of carbonyl (C=O) groups excluding carboxylic acids is 2. The molecule has 2 spiro atoms. The lowest BCUT2D eigenvalue weighted by Gasteiger charge is -2.39. The highest BCUT2D eigenvalue weighted by atomic mass is 16.6. The summed E-state index contributed by atoms with van der Waals surface area (Å²) in [6, 6.07) is 13.9. The summed E-state index contributed by atoms with van der Waals surface area (Å²) in [4.78, 5) is 31.5. The standard InChI is InChI=1S/C24H22N2O5/c1-29-17-6-7-18-19(12-17)23(30-20(18)27)8-10-26(11-9-23)22-25-21(28)24(31-22)13-15-4-2-3-5-16(15)14-24/h2-7,12H,8-11,13-14H2,1H3. The Labute approximate surface area is 179 Å². The van der Waals surface area contributed by atoms with Gasteiger partial charge in [0.15, 0.2) is 0 Å². The van der Waals surface area contributed by atoms with Crippen LogP contribution in [0.1, 0.15) is 39.9 Å². The molecular formula is C24H22N2O5. The van der Waals surface area contributed by atoms with E-state index in [4.69, 9.17) is 14.2 Å². The van der Waals surface area contributed by atoms with Gasteiger partial charge in [0.25, 0.3) is 11.9 Å². The summed E-state index contributed by atoms with van der Waals surface area (Å²) in [5.41, 5.74) is 2.20. The molecule has 7 heteroatoms. The second-order valence-corrected chi connectivity index (χ2v) is 8.70. The van der Waals surface area contributed by atoms with Gasteiger partial charge in [0.2, 0.25) is 5.60 Å². The Hall–Kier alpha value is -3.35. The maximum atomic E-state index is 12.8. The molecule has 3 aliphatic heterocycles. The molecule has 0 N–H and O–H groups in total. The second kappa shape index (κ2) is 6.33. The molecule has 4 aliphatic rings. The van der Waals surface area contributed by atoms with Gasteiger partial charge in [-0.1, -0.05) is 24.3 Å². The van der Waals surface area contributed by atoms with Crippen LogP contribution in [0.5, 0.6) is 5.75 Å². The fraction of sp³-hybridized carbons (Fsp3) is 0.375. The van der Waals surface area contributed by atoms with Crippen molar-refractivity contribution in [2.75, 3.05) is 20.2 Å². The Bertz CT molecular complexity index is 1120. The predicted octanol–water partition coefficient (Wildman–Crippen LogP) is 2.61. The van der Waals surface area contributed by atoms with Gasteiger partial charge in [-0.05, 0) is 29.3 Å².